The van der Waals surface area contributed by atoms with Gasteiger partial charge in [0.05, 0.1) is 6.26 Å². The molecule has 118 valence electrons. The average Bonchev–Trinajstić information content (AvgIpc) is 2.80. The molecule has 0 radical (unpaired) electrons. The van der Waals surface area contributed by atoms with Crippen molar-refractivity contribution in [3.63, 3.8) is 0 Å². The molecule has 2 saturated carbocycles. The molecule has 5 atom stereocenters. The first-order valence-corrected chi connectivity index (χ1v) is 10.1. The van der Waals surface area contributed by atoms with Crippen molar-refractivity contribution < 1.29 is 5.11 Å². The van der Waals surface area contributed by atoms with Gasteiger partial charge in [-0.05, 0) is 36.3 Å². The molecule has 1 unspecified atom stereocenters. The van der Waals surface area contributed by atoms with E-state index in [0.29, 0.717) is 11.2 Å². The van der Waals surface area contributed by atoms with E-state index in [9.17, 15) is 5.11 Å². The minimum absolute atomic E-state index is 0.0937. The highest BCUT2D eigenvalue weighted by atomic mass is 32.2. The van der Waals surface area contributed by atoms with Crippen LogP contribution in [-0.4, -0.2) is 28.5 Å². The fourth-order valence-corrected chi connectivity index (χ4v) is 6.89. The number of benzene rings is 1. The van der Waals surface area contributed by atoms with E-state index in [2.05, 4.69) is 51.0 Å². The summed E-state index contributed by atoms with van der Waals surface area (Å²) >= 11 is 0. The van der Waals surface area contributed by atoms with Crippen LogP contribution in [0.2, 0.25) is 0 Å². The Hall–Kier alpha value is -0.910. The standard InChI is InChI=1S/C20H27OS/c1-19(2)16-12-13-20(19,3)18(21)17(16)22(4)14-8-11-15-9-6-5-7-10-15/h5-7,9-10,16-18,21H,12-14H2,1-4H3/q+1/t16-,17-,18-,20+,22?/m1/s1. The van der Waals surface area contributed by atoms with Gasteiger partial charge in [0.15, 0.2) is 5.75 Å². The van der Waals surface area contributed by atoms with Crippen LogP contribution in [0.25, 0.3) is 0 Å². The summed E-state index contributed by atoms with van der Waals surface area (Å²) in [4.78, 5) is 0. The Morgan fingerprint density at radius 3 is 2.50 bits per heavy atom. The number of rotatable bonds is 2. The van der Waals surface area contributed by atoms with E-state index in [4.69, 9.17) is 0 Å². The van der Waals surface area contributed by atoms with Crippen LogP contribution in [0.3, 0.4) is 0 Å². The monoisotopic (exact) mass is 315 g/mol. The number of aliphatic hydroxyl groups excluding tert-OH is 1. The smallest absolute Gasteiger partial charge is 0.168 e. The van der Waals surface area contributed by atoms with Gasteiger partial charge in [-0.1, -0.05) is 44.9 Å². The maximum atomic E-state index is 10.9. The molecule has 1 nitrogen and oxygen atoms in total. The van der Waals surface area contributed by atoms with Crippen molar-refractivity contribution in [3.05, 3.63) is 35.9 Å². The molecule has 22 heavy (non-hydrogen) atoms. The lowest BCUT2D eigenvalue weighted by atomic mass is 9.70. The van der Waals surface area contributed by atoms with Gasteiger partial charge in [-0.2, -0.15) is 0 Å². The minimum Gasteiger partial charge on any atom is -0.387 e. The quantitative estimate of drug-likeness (QED) is 0.654. The maximum absolute atomic E-state index is 10.9. The van der Waals surface area contributed by atoms with Gasteiger partial charge in [0, 0.05) is 27.8 Å². The van der Waals surface area contributed by atoms with Crippen LogP contribution in [0.4, 0.5) is 0 Å². The zero-order valence-electron chi connectivity index (χ0n) is 14.1. The summed E-state index contributed by atoms with van der Waals surface area (Å²) in [5.74, 6) is 8.17. The van der Waals surface area contributed by atoms with Crippen molar-refractivity contribution in [1.82, 2.24) is 0 Å². The average molecular weight is 316 g/mol. The summed E-state index contributed by atoms with van der Waals surface area (Å²) in [6.45, 7) is 7.02. The predicted molar refractivity (Wildman–Crippen MR) is 95.9 cm³/mol. The number of fused-ring (bicyclic) bond motifs is 2. The Morgan fingerprint density at radius 1 is 1.23 bits per heavy atom. The van der Waals surface area contributed by atoms with E-state index in [1.807, 2.05) is 18.2 Å². The Labute approximate surface area is 137 Å². The van der Waals surface area contributed by atoms with Crippen molar-refractivity contribution >= 4 is 10.9 Å². The molecule has 2 heteroatoms. The minimum atomic E-state index is -0.159. The van der Waals surface area contributed by atoms with E-state index in [1.54, 1.807) is 0 Å². The van der Waals surface area contributed by atoms with E-state index < -0.39 is 0 Å². The fourth-order valence-electron chi connectivity index (χ4n) is 4.62. The molecule has 2 aliphatic rings. The van der Waals surface area contributed by atoms with Crippen molar-refractivity contribution in [2.75, 3.05) is 12.0 Å². The Balaban J connectivity index is 1.72. The highest BCUT2D eigenvalue weighted by molar-refractivity contribution is 7.97. The first-order valence-electron chi connectivity index (χ1n) is 8.21. The molecule has 2 bridgehead atoms. The lowest BCUT2D eigenvalue weighted by Crippen LogP contribution is -2.43. The van der Waals surface area contributed by atoms with E-state index in [-0.39, 0.29) is 27.8 Å². The molecule has 0 amide bonds. The van der Waals surface area contributed by atoms with Crippen LogP contribution < -0.4 is 0 Å². The molecule has 1 aromatic rings. The number of hydrogen-bond donors (Lipinski definition) is 1. The van der Waals surface area contributed by atoms with E-state index in [0.717, 1.165) is 11.3 Å². The second-order valence-corrected chi connectivity index (χ2v) is 9.91. The maximum Gasteiger partial charge on any atom is 0.168 e. The summed E-state index contributed by atoms with van der Waals surface area (Å²) in [5, 5.41) is 11.3. The molecule has 2 fully saturated rings. The van der Waals surface area contributed by atoms with Crippen LogP contribution in [0.5, 0.6) is 0 Å². The van der Waals surface area contributed by atoms with Crippen molar-refractivity contribution in [2.45, 2.75) is 45.0 Å². The van der Waals surface area contributed by atoms with Gasteiger partial charge < -0.3 is 5.11 Å². The molecule has 0 aromatic heterocycles. The topological polar surface area (TPSA) is 20.2 Å². The third-order valence-electron chi connectivity index (χ3n) is 6.51. The zero-order valence-corrected chi connectivity index (χ0v) is 14.9. The molecular weight excluding hydrogens is 288 g/mol. The largest absolute Gasteiger partial charge is 0.387 e. The summed E-state index contributed by atoms with van der Waals surface area (Å²) in [6.07, 6.45) is 4.59. The van der Waals surface area contributed by atoms with Crippen LogP contribution in [0.15, 0.2) is 30.3 Å². The Kier molecular flexibility index (Phi) is 4.08. The van der Waals surface area contributed by atoms with Gasteiger partial charge >= 0.3 is 0 Å². The van der Waals surface area contributed by atoms with Gasteiger partial charge in [0.2, 0.25) is 0 Å². The van der Waals surface area contributed by atoms with Gasteiger partial charge in [0.1, 0.15) is 11.4 Å². The molecule has 2 aliphatic carbocycles. The second-order valence-electron chi connectivity index (χ2n) is 7.70. The van der Waals surface area contributed by atoms with E-state index in [1.165, 1.54) is 12.8 Å². The first kappa shape index (κ1) is 16.0. The summed E-state index contributed by atoms with van der Waals surface area (Å²) in [7, 11) is 0.155. The first-order chi connectivity index (χ1) is 10.4. The van der Waals surface area contributed by atoms with Gasteiger partial charge in [-0.25, -0.2) is 0 Å². The predicted octanol–water partition coefficient (Wildman–Crippen LogP) is 3.47. The zero-order chi connectivity index (χ0) is 16.0. The van der Waals surface area contributed by atoms with E-state index >= 15 is 0 Å². The lowest BCUT2D eigenvalue weighted by Gasteiger charge is -2.36. The van der Waals surface area contributed by atoms with Crippen molar-refractivity contribution in [2.24, 2.45) is 16.7 Å². The normalized spacial score (nSPS) is 36.7. The molecule has 0 saturated heterocycles. The third kappa shape index (κ3) is 2.30. The number of aliphatic hydroxyl groups is 1. The third-order valence-corrected chi connectivity index (χ3v) is 8.62. The van der Waals surface area contributed by atoms with Crippen molar-refractivity contribution in [1.29, 1.82) is 0 Å². The second kappa shape index (κ2) is 5.62. The summed E-state index contributed by atoms with van der Waals surface area (Å²) < 4.78 is 0. The molecular formula is C20H27OS+. The van der Waals surface area contributed by atoms with Crippen LogP contribution in [-0.2, 0) is 10.9 Å². The van der Waals surface area contributed by atoms with Gasteiger partial charge in [-0.15, -0.1) is 0 Å². The highest BCUT2D eigenvalue weighted by Gasteiger charge is 2.69. The fraction of sp³-hybridized carbons (Fsp3) is 0.600. The van der Waals surface area contributed by atoms with Crippen LogP contribution in [0.1, 0.15) is 39.2 Å². The summed E-state index contributed by atoms with van der Waals surface area (Å²) in [5.41, 5.74) is 1.43. The Bertz CT molecular complexity index is 597. The summed E-state index contributed by atoms with van der Waals surface area (Å²) in [6, 6.07) is 10.2. The van der Waals surface area contributed by atoms with Gasteiger partial charge in [-0.3, -0.25) is 0 Å². The van der Waals surface area contributed by atoms with Gasteiger partial charge in [0.25, 0.3) is 0 Å². The van der Waals surface area contributed by atoms with Crippen LogP contribution >= 0.6 is 0 Å². The van der Waals surface area contributed by atoms with Crippen molar-refractivity contribution in [3.8, 4) is 11.8 Å². The lowest BCUT2D eigenvalue weighted by molar-refractivity contribution is 0.0145. The molecule has 0 aliphatic heterocycles. The molecule has 0 spiro atoms. The molecule has 1 aromatic carbocycles. The number of hydrogen-bond acceptors (Lipinski definition) is 1. The van der Waals surface area contributed by atoms with Crippen LogP contribution in [0, 0.1) is 28.6 Å². The Morgan fingerprint density at radius 2 is 1.91 bits per heavy atom. The SMILES string of the molecule is C[S+](CC#Cc1ccccc1)[C@@H]1[C@H]2CC[C@@](C)([C@@H]1O)C2(C)C. The molecule has 3 rings (SSSR count). The molecule has 1 N–H and O–H groups in total. The highest BCUT2D eigenvalue weighted by Crippen LogP contribution is 2.66. The molecule has 0 heterocycles.